The van der Waals surface area contributed by atoms with E-state index in [0.717, 1.165) is 4.47 Å². The molecule has 28 heavy (non-hydrogen) atoms. The second-order valence-electron chi connectivity index (χ2n) is 5.86. The van der Waals surface area contributed by atoms with Crippen LogP contribution in [-0.4, -0.2) is 37.1 Å². The van der Waals surface area contributed by atoms with Crippen molar-refractivity contribution in [3.05, 3.63) is 59.1 Å². The molecule has 1 aromatic carbocycles. The summed E-state index contributed by atoms with van der Waals surface area (Å²) in [5.74, 6) is -0.0803. The summed E-state index contributed by atoms with van der Waals surface area (Å²) in [7, 11) is 0. The molecule has 0 aliphatic heterocycles. The number of halogens is 2. The highest BCUT2D eigenvalue weighted by molar-refractivity contribution is 9.10. The van der Waals surface area contributed by atoms with Crippen molar-refractivity contribution in [1.82, 2.24) is 24.8 Å². The first-order valence-electron chi connectivity index (χ1n) is 8.26. The maximum atomic E-state index is 13.4. The van der Waals surface area contributed by atoms with E-state index >= 15 is 0 Å². The normalized spacial score (nSPS) is 12.1. The molecular formula is C18H14BrFN6O2. The Kier molecular flexibility index (Phi) is 4.78. The molecular weight excluding hydrogens is 431 g/mol. The Labute approximate surface area is 166 Å². The van der Waals surface area contributed by atoms with Crippen molar-refractivity contribution in [2.24, 2.45) is 0 Å². The number of alkyl halides is 1. The SMILES string of the molecule is CC(F)Oc1ccc(Br)cc1-c1[nH]ncc1NC(=O)c1cnn2cccnc12. The van der Waals surface area contributed by atoms with E-state index in [2.05, 4.69) is 41.5 Å². The van der Waals surface area contributed by atoms with Crippen LogP contribution in [0.4, 0.5) is 10.1 Å². The van der Waals surface area contributed by atoms with Gasteiger partial charge in [0.05, 0.1) is 23.8 Å². The van der Waals surface area contributed by atoms with Gasteiger partial charge in [-0.3, -0.25) is 9.89 Å². The summed E-state index contributed by atoms with van der Waals surface area (Å²) in [5, 5.41) is 13.7. The molecule has 0 aliphatic rings. The molecule has 1 amide bonds. The number of carbonyl (C=O) groups is 1. The summed E-state index contributed by atoms with van der Waals surface area (Å²) in [6.45, 7) is 1.29. The van der Waals surface area contributed by atoms with Crippen LogP contribution in [0.3, 0.4) is 0 Å². The molecule has 0 bridgehead atoms. The lowest BCUT2D eigenvalue weighted by Crippen LogP contribution is -2.12. The zero-order valence-corrected chi connectivity index (χ0v) is 16.1. The van der Waals surface area contributed by atoms with Crippen LogP contribution in [0.15, 0.2) is 53.5 Å². The van der Waals surface area contributed by atoms with Crippen molar-refractivity contribution < 1.29 is 13.9 Å². The number of aromatic nitrogens is 5. The second-order valence-corrected chi connectivity index (χ2v) is 6.78. The van der Waals surface area contributed by atoms with Crippen LogP contribution >= 0.6 is 15.9 Å². The molecule has 3 aromatic heterocycles. The van der Waals surface area contributed by atoms with Gasteiger partial charge in [-0.25, -0.2) is 13.9 Å². The first-order chi connectivity index (χ1) is 13.5. The van der Waals surface area contributed by atoms with Gasteiger partial charge in [0.1, 0.15) is 11.3 Å². The third-order valence-electron chi connectivity index (χ3n) is 3.91. The molecule has 0 radical (unpaired) electrons. The molecule has 1 unspecified atom stereocenters. The van der Waals surface area contributed by atoms with Crippen molar-refractivity contribution in [3.8, 4) is 17.0 Å². The van der Waals surface area contributed by atoms with Crippen LogP contribution in [0.1, 0.15) is 17.3 Å². The first-order valence-corrected chi connectivity index (χ1v) is 9.06. The molecule has 4 rings (SSSR count). The molecule has 10 heteroatoms. The van der Waals surface area contributed by atoms with Gasteiger partial charge in [-0.2, -0.15) is 10.2 Å². The van der Waals surface area contributed by atoms with Gasteiger partial charge < -0.3 is 10.1 Å². The van der Waals surface area contributed by atoms with E-state index < -0.39 is 12.3 Å². The maximum absolute atomic E-state index is 13.4. The van der Waals surface area contributed by atoms with Crippen LogP contribution in [0, 0.1) is 0 Å². The number of hydrogen-bond acceptors (Lipinski definition) is 5. The molecule has 0 saturated heterocycles. The van der Waals surface area contributed by atoms with Gasteiger partial charge in [-0.05, 0) is 24.3 Å². The Morgan fingerprint density at radius 3 is 3.07 bits per heavy atom. The molecule has 142 valence electrons. The summed E-state index contributed by atoms with van der Waals surface area (Å²) in [5.41, 5.74) is 2.19. The number of hydrogen-bond donors (Lipinski definition) is 2. The number of amides is 1. The third kappa shape index (κ3) is 3.46. The van der Waals surface area contributed by atoms with Gasteiger partial charge in [-0.15, -0.1) is 0 Å². The maximum Gasteiger partial charge on any atom is 0.261 e. The van der Waals surface area contributed by atoms with Gasteiger partial charge in [0.25, 0.3) is 5.91 Å². The minimum atomic E-state index is -1.49. The Hall–Kier alpha value is -3.27. The van der Waals surface area contributed by atoms with Crippen molar-refractivity contribution in [3.63, 3.8) is 0 Å². The van der Waals surface area contributed by atoms with Gasteiger partial charge in [0.15, 0.2) is 5.65 Å². The molecule has 0 aliphatic carbocycles. The van der Waals surface area contributed by atoms with Crippen LogP contribution < -0.4 is 10.1 Å². The summed E-state index contributed by atoms with van der Waals surface area (Å²) in [6.07, 6.45) is 4.70. The Morgan fingerprint density at radius 2 is 2.25 bits per heavy atom. The van der Waals surface area contributed by atoms with Gasteiger partial charge in [0, 0.05) is 29.4 Å². The predicted octanol–water partition coefficient (Wildman–Crippen LogP) is 3.83. The highest BCUT2D eigenvalue weighted by Gasteiger charge is 2.19. The number of fused-ring (bicyclic) bond motifs is 1. The van der Waals surface area contributed by atoms with Crippen LogP contribution in [0.25, 0.3) is 16.9 Å². The highest BCUT2D eigenvalue weighted by Crippen LogP contribution is 2.36. The van der Waals surface area contributed by atoms with Crippen molar-refractivity contribution in [2.75, 3.05) is 5.32 Å². The largest absolute Gasteiger partial charge is 0.460 e. The Bertz CT molecular complexity index is 1160. The minimum Gasteiger partial charge on any atom is -0.460 e. The van der Waals surface area contributed by atoms with E-state index in [1.54, 1.807) is 36.7 Å². The standard InChI is InChI=1S/C18H14BrFN6O2/c1-10(20)28-15-4-3-11(19)7-12(15)16-14(9-22-25-16)24-18(27)13-8-23-26-6-2-5-21-17(13)26/h2-10H,1H3,(H,22,25)(H,24,27). The second kappa shape index (κ2) is 7.39. The number of aromatic amines is 1. The lowest BCUT2D eigenvalue weighted by molar-refractivity contribution is 0.0866. The molecule has 0 spiro atoms. The molecule has 0 saturated carbocycles. The van der Waals surface area contributed by atoms with Gasteiger partial charge in [0.2, 0.25) is 6.36 Å². The fourth-order valence-electron chi connectivity index (χ4n) is 2.74. The average Bonchev–Trinajstić information content (AvgIpc) is 3.29. The monoisotopic (exact) mass is 444 g/mol. The van der Waals surface area contributed by atoms with Crippen molar-refractivity contribution >= 4 is 33.2 Å². The van der Waals surface area contributed by atoms with Gasteiger partial charge in [-0.1, -0.05) is 15.9 Å². The van der Waals surface area contributed by atoms with E-state index in [0.29, 0.717) is 33.9 Å². The molecule has 1 atom stereocenters. The molecule has 3 heterocycles. The van der Waals surface area contributed by atoms with Crippen LogP contribution in [0.2, 0.25) is 0 Å². The lowest BCUT2D eigenvalue weighted by Gasteiger charge is -2.13. The highest BCUT2D eigenvalue weighted by atomic mass is 79.9. The minimum absolute atomic E-state index is 0.315. The smallest absolute Gasteiger partial charge is 0.261 e. The summed E-state index contributed by atoms with van der Waals surface area (Å²) >= 11 is 3.39. The van der Waals surface area contributed by atoms with E-state index in [9.17, 15) is 9.18 Å². The Balaban J connectivity index is 1.69. The topological polar surface area (TPSA) is 97.2 Å². The fourth-order valence-corrected chi connectivity index (χ4v) is 3.10. The number of nitrogens with zero attached hydrogens (tertiary/aromatic N) is 4. The number of H-pyrrole nitrogens is 1. The van der Waals surface area contributed by atoms with Gasteiger partial charge >= 0.3 is 0 Å². The van der Waals surface area contributed by atoms with E-state index in [1.807, 2.05) is 0 Å². The molecule has 8 nitrogen and oxygen atoms in total. The summed E-state index contributed by atoms with van der Waals surface area (Å²) < 4.78 is 20.9. The first kappa shape index (κ1) is 18.1. The summed E-state index contributed by atoms with van der Waals surface area (Å²) in [4.78, 5) is 16.9. The Morgan fingerprint density at radius 1 is 1.39 bits per heavy atom. The van der Waals surface area contributed by atoms with Crippen molar-refractivity contribution in [1.29, 1.82) is 0 Å². The number of anilines is 1. The third-order valence-corrected chi connectivity index (χ3v) is 4.41. The number of rotatable bonds is 5. The van der Waals surface area contributed by atoms with Crippen molar-refractivity contribution in [2.45, 2.75) is 13.3 Å². The number of nitrogens with one attached hydrogen (secondary N) is 2. The van der Waals surface area contributed by atoms with E-state index in [-0.39, 0.29) is 0 Å². The zero-order chi connectivity index (χ0) is 19.7. The lowest BCUT2D eigenvalue weighted by atomic mass is 10.1. The number of benzene rings is 1. The predicted molar refractivity (Wildman–Crippen MR) is 104 cm³/mol. The molecule has 2 N–H and O–H groups in total. The zero-order valence-electron chi connectivity index (χ0n) is 14.6. The van der Waals surface area contributed by atoms with Crippen LogP contribution in [-0.2, 0) is 0 Å². The molecule has 4 aromatic rings. The van der Waals surface area contributed by atoms with E-state index in [4.69, 9.17) is 4.74 Å². The van der Waals surface area contributed by atoms with Crippen LogP contribution in [0.5, 0.6) is 5.75 Å². The number of carbonyl (C=O) groups excluding carboxylic acids is 1. The average molecular weight is 445 g/mol. The van der Waals surface area contributed by atoms with E-state index in [1.165, 1.54) is 23.8 Å². The number of ether oxygens (including phenoxy) is 1. The molecule has 0 fully saturated rings. The summed E-state index contributed by atoms with van der Waals surface area (Å²) in [6, 6.07) is 6.84. The quantitative estimate of drug-likeness (QED) is 0.487. The fraction of sp³-hybridized carbons (Fsp3) is 0.111.